The first-order valence-electron chi connectivity index (χ1n) is 7.77. The maximum absolute atomic E-state index is 12.9. The van der Waals surface area contributed by atoms with Crippen molar-refractivity contribution < 1.29 is 16.0 Å². The summed E-state index contributed by atoms with van der Waals surface area (Å²) in [4.78, 5) is 23.7. The molecule has 18 heavy (non-hydrogen) atoms. The van der Waals surface area contributed by atoms with E-state index in [0.29, 0.717) is 22.8 Å². The number of hydrogen-bond donors (Lipinski definition) is 0. The van der Waals surface area contributed by atoms with E-state index in [2.05, 4.69) is 13.8 Å². The van der Waals surface area contributed by atoms with E-state index in [0.717, 1.165) is 9.63 Å². The number of carbonyl (C=O) groups excluding carboxylic acids is 1. The molecule has 3 heteroatoms. The minimum absolute atomic E-state index is 0.327. The number of hydrogen-bond acceptors (Lipinski definition) is 2. The molecular formula is C15H18FeO2. The Bertz CT molecular complexity index is 925. The van der Waals surface area contributed by atoms with Gasteiger partial charge in [0.25, 0.3) is 0 Å². The second kappa shape index (κ2) is 0.587. The Balaban J connectivity index is 1.37. The van der Waals surface area contributed by atoms with Gasteiger partial charge in [-0.3, -0.25) is 0 Å². The molecule has 0 radical (unpaired) electrons. The molecule has 0 bridgehead atoms. The zero-order valence-electron chi connectivity index (χ0n) is 10.7. The van der Waals surface area contributed by atoms with Crippen LogP contribution in [0, 0.1) is 5.92 Å². The van der Waals surface area contributed by atoms with Gasteiger partial charge in [-0.05, 0) is 0 Å². The number of ether oxygens (including phenoxy) is 1. The fourth-order valence-corrected chi connectivity index (χ4v) is 90.6. The summed E-state index contributed by atoms with van der Waals surface area (Å²) in [5, 5.41) is 0. The summed E-state index contributed by atoms with van der Waals surface area (Å²) in [6, 6.07) is 0. The predicted molar refractivity (Wildman–Crippen MR) is 62.2 cm³/mol. The van der Waals surface area contributed by atoms with Gasteiger partial charge in [-0.1, -0.05) is 0 Å². The van der Waals surface area contributed by atoms with E-state index in [9.17, 15) is 4.79 Å². The molecule has 10 aliphatic heterocycles. The summed E-state index contributed by atoms with van der Waals surface area (Å²) >= 11 is 0. The zero-order valence-corrected chi connectivity index (χ0v) is 11.8. The van der Waals surface area contributed by atoms with Crippen LogP contribution in [0.5, 0.6) is 0 Å². The number of rotatable bonds is 3. The van der Waals surface area contributed by atoms with Crippen LogP contribution in [0.4, 0.5) is 0 Å². The summed E-state index contributed by atoms with van der Waals surface area (Å²) in [7, 11) is 0. The Morgan fingerprint density at radius 2 is 1.56 bits per heavy atom. The maximum atomic E-state index is 12.9. The van der Waals surface area contributed by atoms with E-state index in [1.807, 2.05) is 0 Å². The van der Waals surface area contributed by atoms with Crippen LogP contribution >= 0.6 is 0 Å². The van der Waals surface area contributed by atoms with Crippen LogP contribution in [0.1, 0.15) is 13.8 Å². The Kier molecular flexibility index (Phi) is 0.233. The molecule has 2 nitrogen and oxygen atoms in total. The first kappa shape index (κ1) is 7.13. The molecule has 98 valence electrons. The molecule has 10 saturated heterocycles. The molecule has 0 aromatic carbocycles. The second-order valence-corrected chi connectivity index (χ2v) is 35.2. The Hall–Kier alpha value is -0.0105. The van der Waals surface area contributed by atoms with E-state index in [-0.39, 0.29) is 0 Å². The molecule has 0 N–H and O–H groups in total. The Morgan fingerprint density at radius 3 is 1.83 bits per heavy atom. The SMILES string of the molecule is CC(C)COC(=O)[C]12[CH]3[CH]4[CH]5[CH]1[Fe]45321678[CH]2[CH]1[CH]6[CH]7[CH]28. The van der Waals surface area contributed by atoms with Gasteiger partial charge in [0.05, 0.1) is 0 Å². The molecule has 10 fully saturated rings. The molecule has 10 rings (SSSR count). The molecule has 4 atom stereocenters. The van der Waals surface area contributed by atoms with Crippen molar-refractivity contribution in [3.8, 4) is 0 Å². The van der Waals surface area contributed by atoms with Gasteiger partial charge in [-0.15, -0.1) is 0 Å². The molecule has 4 unspecified atom stereocenters. The summed E-state index contributed by atoms with van der Waals surface area (Å²) in [6.07, 6.45) is 0. The molecule has 0 aliphatic carbocycles. The van der Waals surface area contributed by atoms with Crippen molar-refractivity contribution in [2.45, 2.75) is 61.5 Å². The van der Waals surface area contributed by atoms with Gasteiger partial charge in [0.1, 0.15) is 0 Å². The standard InChI is InChI=1S/C10H13O2.C5H5.Fe/c1-8(2)7-12-10(11)9-5-3-4-6-9;1-2-4-5-3-1;/h3-6,8H,7H2,1-2H3;1-5H;. The van der Waals surface area contributed by atoms with Crippen molar-refractivity contribution in [1.29, 1.82) is 0 Å². The first-order valence-corrected chi connectivity index (χ1v) is 14.1. The molecule has 10 aliphatic rings. The van der Waals surface area contributed by atoms with E-state index in [4.69, 9.17) is 4.74 Å². The van der Waals surface area contributed by atoms with E-state index in [1.165, 1.54) is 33.7 Å². The van der Waals surface area contributed by atoms with Crippen LogP contribution in [-0.2, 0) is 16.0 Å². The normalized spacial score (nSPS) is 113. The molecule has 0 amide bonds. The topological polar surface area (TPSA) is 26.3 Å². The number of esters is 1. The quantitative estimate of drug-likeness (QED) is 0.580. The second-order valence-electron chi connectivity index (χ2n) is 11.7. The van der Waals surface area contributed by atoms with E-state index < -0.39 is 6.51 Å². The average Bonchev–Trinajstić information content (AvgIpc) is 3.27. The van der Waals surface area contributed by atoms with Gasteiger partial charge in [0, 0.05) is 0 Å². The van der Waals surface area contributed by atoms with Crippen LogP contribution in [0.25, 0.3) is 0 Å². The van der Waals surface area contributed by atoms with Gasteiger partial charge < -0.3 is 0 Å². The number of carbonyl (C=O) groups is 1. The van der Waals surface area contributed by atoms with Crippen molar-refractivity contribution in [3.63, 3.8) is 0 Å². The van der Waals surface area contributed by atoms with Crippen LogP contribution in [0.2, 0.25) is 47.7 Å². The van der Waals surface area contributed by atoms with Crippen LogP contribution in [0.3, 0.4) is 0 Å². The van der Waals surface area contributed by atoms with E-state index >= 15 is 0 Å². The molecule has 1 spiro atoms. The van der Waals surface area contributed by atoms with Crippen LogP contribution in [-0.4, -0.2) is 12.6 Å². The van der Waals surface area contributed by atoms with Crippen LogP contribution < -0.4 is 0 Å². The third kappa shape index (κ3) is 0.0716. The summed E-state index contributed by atoms with van der Waals surface area (Å²) in [6.45, 7) is 1.82. The Labute approximate surface area is 96.1 Å². The predicted octanol–water partition coefficient (Wildman–Crippen LogP) is 3.94. The first-order chi connectivity index (χ1) is 8.38. The summed E-state index contributed by atoms with van der Waals surface area (Å²) in [5.41, 5.74) is 0. The summed E-state index contributed by atoms with van der Waals surface area (Å²) < 4.78 is 6.15. The Morgan fingerprint density at radius 1 is 1.06 bits per heavy atom. The number of fused-ring (bicyclic) bond motifs is 10. The van der Waals surface area contributed by atoms with Gasteiger partial charge >= 0.3 is 96.0 Å². The van der Waals surface area contributed by atoms with Gasteiger partial charge in [-0.2, -0.15) is 0 Å². The van der Waals surface area contributed by atoms with Gasteiger partial charge in [-0.25, -0.2) is 0 Å². The molecule has 0 saturated carbocycles. The molecular weight excluding hydrogens is 268 g/mol. The van der Waals surface area contributed by atoms with Crippen molar-refractivity contribution >= 4 is 5.97 Å². The average molecular weight is 286 g/mol. The third-order valence-corrected chi connectivity index (χ3v) is 57.8. The molecule has 0 aromatic rings. The molecule has 10 heterocycles. The zero-order chi connectivity index (χ0) is 11.6. The third-order valence-electron chi connectivity index (χ3n) is 15.5. The fourth-order valence-electron chi connectivity index (χ4n) is 17.1. The van der Waals surface area contributed by atoms with Gasteiger partial charge in [0.15, 0.2) is 0 Å². The van der Waals surface area contributed by atoms with Gasteiger partial charge in [0.2, 0.25) is 0 Å². The van der Waals surface area contributed by atoms with Crippen molar-refractivity contribution in [2.24, 2.45) is 5.92 Å². The van der Waals surface area contributed by atoms with Crippen molar-refractivity contribution in [2.75, 3.05) is 6.61 Å². The fraction of sp³-hybridized carbons (Fsp3) is 0.933. The van der Waals surface area contributed by atoms with Crippen LogP contribution in [0.15, 0.2) is 0 Å². The van der Waals surface area contributed by atoms with E-state index in [1.54, 1.807) is 0 Å². The molecule has 0 aromatic heterocycles. The summed E-state index contributed by atoms with van der Waals surface area (Å²) in [5.74, 6) is 0.866. The minimum atomic E-state index is -3.18. The van der Waals surface area contributed by atoms with Crippen molar-refractivity contribution in [3.05, 3.63) is 0 Å². The van der Waals surface area contributed by atoms with Crippen molar-refractivity contribution in [1.82, 2.24) is 0 Å². The monoisotopic (exact) mass is 286 g/mol.